The van der Waals surface area contributed by atoms with Crippen LogP contribution in [0.2, 0.25) is 0 Å². The molecule has 0 spiro atoms. The van der Waals surface area contributed by atoms with Crippen molar-refractivity contribution in [1.82, 2.24) is 23.8 Å². The van der Waals surface area contributed by atoms with Gasteiger partial charge < -0.3 is 9.30 Å². The van der Waals surface area contributed by atoms with Crippen LogP contribution in [0, 0.1) is 12.8 Å². The Hall–Kier alpha value is -3.11. The monoisotopic (exact) mass is 485 g/mol. The second-order valence-electron chi connectivity index (χ2n) is 8.66. The van der Waals surface area contributed by atoms with E-state index in [2.05, 4.69) is 9.82 Å². The molecule has 0 bridgehead atoms. The average molecular weight is 486 g/mol. The van der Waals surface area contributed by atoms with E-state index in [9.17, 15) is 13.2 Å². The molecule has 1 aromatic carbocycles. The molecule has 3 aromatic rings. The van der Waals surface area contributed by atoms with Gasteiger partial charge >= 0.3 is 10.2 Å². The molecule has 34 heavy (non-hydrogen) atoms. The quantitative estimate of drug-likeness (QED) is 0.320. The smallest absolute Gasteiger partial charge is 0.301 e. The summed E-state index contributed by atoms with van der Waals surface area (Å²) in [6.07, 6.45) is 8.75. The molecule has 9 nitrogen and oxygen atoms in total. The summed E-state index contributed by atoms with van der Waals surface area (Å²) in [5.74, 6) is 1.51. The van der Waals surface area contributed by atoms with Crippen LogP contribution >= 0.6 is 0 Å². The lowest BCUT2D eigenvalue weighted by Gasteiger charge is -2.10. The van der Waals surface area contributed by atoms with Crippen molar-refractivity contribution in [3.63, 3.8) is 0 Å². The molecule has 2 aromatic heterocycles. The Morgan fingerprint density at radius 3 is 2.82 bits per heavy atom. The zero-order chi connectivity index (χ0) is 24.3. The van der Waals surface area contributed by atoms with Gasteiger partial charge in [0, 0.05) is 42.9 Å². The number of nitrogens with one attached hydrogen (secondary N) is 2. The van der Waals surface area contributed by atoms with Crippen molar-refractivity contribution in [3.05, 3.63) is 47.8 Å². The van der Waals surface area contributed by atoms with Crippen LogP contribution in [-0.2, 0) is 22.1 Å². The maximum Gasteiger partial charge on any atom is 0.301 e. The summed E-state index contributed by atoms with van der Waals surface area (Å²) in [7, 11) is -2.06. The number of benzene rings is 1. The number of aromatic nitrogens is 3. The second-order valence-corrected chi connectivity index (χ2v) is 10.2. The first kappa shape index (κ1) is 24.0. The van der Waals surface area contributed by atoms with Gasteiger partial charge in [0.25, 0.3) is 5.91 Å². The highest BCUT2D eigenvalue weighted by atomic mass is 32.2. The minimum absolute atomic E-state index is 0.280. The first-order valence-corrected chi connectivity index (χ1v) is 13.0. The van der Waals surface area contributed by atoms with Gasteiger partial charge in [-0.05, 0) is 56.4 Å². The van der Waals surface area contributed by atoms with Crippen molar-refractivity contribution >= 4 is 33.1 Å². The number of carbonyl (C=O) groups excluding carboxylic acids is 1. The van der Waals surface area contributed by atoms with E-state index in [1.165, 1.54) is 18.9 Å². The Kier molecular flexibility index (Phi) is 7.08. The lowest BCUT2D eigenvalue weighted by molar-refractivity contribution is -0.114. The van der Waals surface area contributed by atoms with Gasteiger partial charge in [-0.1, -0.05) is 13.3 Å². The topological polar surface area (TPSA) is 107 Å². The first-order chi connectivity index (χ1) is 16.3. The van der Waals surface area contributed by atoms with E-state index >= 15 is 0 Å². The van der Waals surface area contributed by atoms with Crippen LogP contribution in [-0.4, -0.2) is 41.8 Å². The fourth-order valence-corrected chi connectivity index (χ4v) is 4.59. The van der Waals surface area contributed by atoms with Crippen molar-refractivity contribution in [2.24, 2.45) is 13.0 Å². The minimum atomic E-state index is -3.90. The molecule has 1 saturated carbocycles. The fraction of sp³-hybridized carbons (Fsp3) is 0.417. The summed E-state index contributed by atoms with van der Waals surface area (Å²) in [4.78, 5) is 12.3. The normalized spacial score (nSPS) is 14.2. The molecule has 0 atom stereocenters. The molecule has 0 radical (unpaired) electrons. The highest BCUT2D eigenvalue weighted by molar-refractivity contribution is 7.88. The molecule has 1 amide bonds. The number of hydrogen-bond donors (Lipinski definition) is 2. The van der Waals surface area contributed by atoms with Crippen LogP contribution in [0.15, 0.2) is 36.5 Å². The van der Waals surface area contributed by atoms with Crippen LogP contribution in [0.25, 0.3) is 22.8 Å². The number of hydrogen-bond acceptors (Lipinski definition) is 5. The standard InChI is InChI=1S/C24H31N5O4S/c1-4-5-13-25-34(31,32)27-23(30)11-10-21-17(2)26-28(3)24(21)29-14-12-19-8-9-20(15-22(19)29)33-16-18-6-7-18/h8-12,14-15,18,25H,4-7,13,16H2,1-3H3,(H,27,30). The first-order valence-electron chi connectivity index (χ1n) is 11.5. The molecule has 0 aliphatic heterocycles. The SMILES string of the molecule is CCCCNS(=O)(=O)NC(=O)C=Cc1c(C)nn(C)c1-n1ccc2ccc(OCC3CC3)cc21. The number of fused-ring (bicyclic) bond motifs is 1. The van der Waals surface area contributed by atoms with Gasteiger partial charge in [-0.25, -0.2) is 4.72 Å². The van der Waals surface area contributed by atoms with Gasteiger partial charge in [0.2, 0.25) is 0 Å². The van der Waals surface area contributed by atoms with E-state index in [4.69, 9.17) is 4.74 Å². The van der Waals surface area contributed by atoms with Crippen LogP contribution in [0.1, 0.15) is 43.9 Å². The Morgan fingerprint density at radius 2 is 2.09 bits per heavy atom. The van der Waals surface area contributed by atoms with Crippen LogP contribution in [0.4, 0.5) is 0 Å². The molecule has 0 unspecified atom stereocenters. The predicted octanol–water partition coefficient (Wildman–Crippen LogP) is 3.23. The number of aryl methyl sites for hydroxylation is 2. The zero-order valence-electron chi connectivity index (χ0n) is 19.7. The molecular weight excluding hydrogens is 454 g/mol. The summed E-state index contributed by atoms with van der Waals surface area (Å²) in [6.45, 7) is 4.82. The predicted molar refractivity (Wildman–Crippen MR) is 132 cm³/mol. The summed E-state index contributed by atoms with van der Waals surface area (Å²) in [5, 5.41) is 5.57. The highest BCUT2D eigenvalue weighted by Gasteiger charge is 2.22. The van der Waals surface area contributed by atoms with Crippen LogP contribution < -0.4 is 14.2 Å². The summed E-state index contributed by atoms with van der Waals surface area (Å²) >= 11 is 0. The van der Waals surface area contributed by atoms with Gasteiger partial charge in [0.1, 0.15) is 11.6 Å². The molecule has 10 heteroatoms. The molecule has 2 heterocycles. The maximum absolute atomic E-state index is 12.3. The van der Waals surface area contributed by atoms with Crippen molar-refractivity contribution in [3.8, 4) is 11.6 Å². The van der Waals surface area contributed by atoms with E-state index < -0.39 is 16.1 Å². The third-order valence-corrected chi connectivity index (χ3v) is 6.83. The Morgan fingerprint density at radius 1 is 1.29 bits per heavy atom. The minimum Gasteiger partial charge on any atom is -0.493 e. The molecule has 182 valence electrons. The van der Waals surface area contributed by atoms with Gasteiger partial charge in [-0.2, -0.15) is 18.2 Å². The van der Waals surface area contributed by atoms with Crippen molar-refractivity contribution in [1.29, 1.82) is 0 Å². The number of amides is 1. The van der Waals surface area contributed by atoms with Crippen molar-refractivity contribution in [2.75, 3.05) is 13.2 Å². The number of ether oxygens (including phenoxy) is 1. The molecule has 2 N–H and O–H groups in total. The summed E-state index contributed by atoms with van der Waals surface area (Å²) < 4.78 is 38.1. The lowest BCUT2D eigenvalue weighted by Crippen LogP contribution is -2.39. The summed E-state index contributed by atoms with van der Waals surface area (Å²) in [5.41, 5.74) is 2.39. The third-order valence-electron chi connectivity index (χ3n) is 5.77. The molecular formula is C24H31N5O4S. The fourth-order valence-electron chi connectivity index (χ4n) is 3.77. The van der Waals surface area contributed by atoms with Crippen LogP contribution in [0.3, 0.4) is 0 Å². The molecule has 1 fully saturated rings. The Labute approximate surface area is 200 Å². The van der Waals surface area contributed by atoms with Gasteiger partial charge in [0.05, 0.1) is 17.8 Å². The number of carbonyl (C=O) groups is 1. The summed E-state index contributed by atoms with van der Waals surface area (Å²) in [6, 6.07) is 8.02. The van der Waals surface area contributed by atoms with Crippen molar-refractivity contribution in [2.45, 2.75) is 39.5 Å². The van der Waals surface area contributed by atoms with E-state index in [1.807, 2.05) is 60.6 Å². The highest BCUT2D eigenvalue weighted by Crippen LogP contribution is 2.31. The van der Waals surface area contributed by atoms with E-state index in [-0.39, 0.29) is 6.54 Å². The number of unbranched alkanes of at least 4 members (excludes halogenated alkanes) is 1. The lowest BCUT2D eigenvalue weighted by atomic mass is 10.2. The van der Waals surface area contributed by atoms with E-state index in [0.29, 0.717) is 18.0 Å². The van der Waals surface area contributed by atoms with Crippen molar-refractivity contribution < 1.29 is 17.9 Å². The molecule has 0 saturated heterocycles. The van der Waals surface area contributed by atoms with Gasteiger partial charge in [0.15, 0.2) is 0 Å². The molecule has 1 aliphatic carbocycles. The van der Waals surface area contributed by atoms with Gasteiger partial charge in [-0.15, -0.1) is 0 Å². The van der Waals surface area contributed by atoms with Crippen LogP contribution in [0.5, 0.6) is 5.75 Å². The number of rotatable bonds is 11. The Balaban J connectivity index is 1.58. The van der Waals surface area contributed by atoms with E-state index in [0.717, 1.165) is 41.1 Å². The third kappa shape index (κ3) is 5.68. The molecule has 4 rings (SSSR count). The van der Waals surface area contributed by atoms with Gasteiger partial charge in [-0.3, -0.25) is 9.48 Å². The Bertz CT molecular complexity index is 1320. The zero-order valence-corrected chi connectivity index (χ0v) is 20.6. The largest absolute Gasteiger partial charge is 0.493 e. The average Bonchev–Trinajstić information content (AvgIpc) is 3.46. The molecule has 1 aliphatic rings. The second kappa shape index (κ2) is 10.0. The maximum atomic E-state index is 12.3. The van der Waals surface area contributed by atoms with E-state index in [1.54, 1.807) is 10.8 Å². The number of nitrogens with zero attached hydrogens (tertiary/aromatic N) is 3.